The second-order valence-electron chi connectivity index (χ2n) is 9.05. The van der Waals surface area contributed by atoms with Gasteiger partial charge in [0, 0.05) is 61.5 Å². The van der Waals surface area contributed by atoms with Crippen molar-refractivity contribution in [1.29, 1.82) is 0 Å². The zero-order chi connectivity index (χ0) is 26.7. The Morgan fingerprint density at radius 3 is 2.34 bits per heavy atom. The molecular formula is C27H24F4N6O. The topological polar surface area (TPSA) is 74.2 Å². The van der Waals surface area contributed by atoms with Crippen molar-refractivity contribution in [1.82, 2.24) is 20.1 Å². The summed E-state index contributed by atoms with van der Waals surface area (Å²) in [5, 5.41) is 13.5. The number of carbonyl (C=O) groups is 1. The molecule has 4 aromatic rings. The second kappa shape index (κ2) is 10.7. The predicted octanol–water partition coefficient (Wildman–Crippen LogP) is 4.53. The molecule has 5 rings (SSSR count). The summed E-state index contributed by atoms with van der Waals surface area (Å²) in [6, 6.07) is 14.3. The van der Waals surface area contributed by atoms with Gasteiger partial charge in [-0.05, 0) is 35.9 Å². The lowest BCUT2D eigenvalue weighted by atomic mass is 10.0. The lowest BCUT2D eigenvalue weighted by Gasteiger charge is -2.35. The van der Waals surface area contributed by atoms with Gasteiger partial charge in [-0.25, -0.2) is 4.39 Å². The molecule has 3 heterocycles. The monoisotopic (exact) mass is 524 g/mol. The first-order chi connectivity index (χ1) is 18.3. The second-order valence-corrected chi connectivity index (χ2v) is 9.05. The van der Waals surface area contributed by atoms with E-state index in [1.54, 1.807) is 12.4 Å². The molecule has 0 radical (unpaired) electrons. The predicted molar refractivity (Wildman–Crippen MR) is 135 cm³/mol. The Hall–Kier alpha value is -4.12. The van der Waals surface area contributed by atoms with Gasteiger partial charge in [-0.3, -0.25) is 14.7 Å². The van der Waals surface area contributed by atoms with Crippen molar-refractivity contribution in [2.24, 2.45) is 0 Å². The summed E-state index contributed by atoms with van der Waals surface area (Å²) in [6.45, 7) is 2.32. The van der Waals surface area contributed by atoms with Crippen molar-refractivity contribution in [3.63, 3.8) is 0 Å². The van der Waals surface area contributed by atoms with Gasteiger partial charge in [-0.1, -0.05) is 24.3 Å². The van der Waals surface area contributed by atoms with Gasteiger partial charge >= 0.3 is 6.18 Å². The molecule has 11 heteroatoms. The highest BCUT2D eigenvalue weighted by Crippen LogP contribution is 2.33. The third-order valence-electron chi connectivity index (χ3n) is 6.46. The molecule has 1 amide bonds. The highest BCUT2D eigenvalue weighted by molar-refractivity contribution is 5.94. The summed E-state index contributed by atoms with van der Waals surface area (Å²) >= 11 is 0. The Bertz CT molecular complexity index is 1440. The zero-order valence-corrected chi connectivity index (χ0v) is 20.2. The number of hydrogen-bond donors (Lipinski definition) is 1. The summed E-state index contributed by atoms with van der Waals surface area (Å²) in [6.07, 6.45) is -0.708. The van der Waals surface area contributed by atoms with E-state index in [0.29, 0.717) is 44.7 Å². The van der Waals surface area contributed by atoms with Crippen molar-refractivity contribution in [2.45, 2.75) is 12.6 Å². The van der Waals surface area contributed by atoms with Crippen molar-refractivity contribution >= 4 is 28.2 Å². The number of amides is 1. The van der Waals surface area contributed by atoms with Crippen LogP contribution < -0.4 is 10.2 Å². The molecule has 2 aromatic carbocycles. The van der Waals surface area contributed by atoms with E-state index in [4.69, 9.17) is 0 Å². The molecule has 2 aromatic heterocycles. The van der Waals surface area contributed by atoms with Crippen LogP contribution in [0.1, 0.15) is 16.8 Å². The van der Waals surface area contributed by atoms with Crippen molar-refractivity contribution < 1.29 is 22.4 Å². The summed E-state index contributed by atoms with van der Waals surface area (Å²) in [7, 11) is 0. The van der Waals surface area contributed by atoms with Crippen LogP contribution in [0.15, 0.2) is 67.0 Å². The van der Waals surface area contributed by atoms with Gasteiger partial charge in [-0.15, -0.1) is 5.10 Å². The van der Waals surface area contributed by atoms with Gasteiger partial charge in [0.1, 0.15) is 5.82 Å². The maximum Gasteiger partial charge on any atom is 0.419 e. The Morgan fingerprint density at radius 2 is 1.63 bits per heavy atom. The van der Waals surface area contributed by atoms with Crippen LogP contribution in [0.3, 0.4) is 0 Å². The lowest BCUT2D eigenvalue weighted by molar-refractivity contribution is -0.140. The number of nitrogens with zero attached hydrogens (tertiary/aromatic N) is 5. The average molecular weight is 525 g/mol. The summed E-state index contributed by atoms with van der Waals surface area (Å²) < 4.78 is 52.4. The summed E-state index contributed by atoms with van der Waals surface area (Å²) in [4.78, 5) is 20.6. The first-order valence-corrected chi connectivity index (χ1v) is 12.0. The SMILES string of the molecule is O=C(CN1CCN(c2nnc(Cc3ccncc3)c3ccccc23)CC1)Nc1ccc(F)c(C(F)(F)F)c1. The normalized spacial score (nSPS) is 14.6. The van der Waals surface area contributed by atoms with E-state index in [2.05, 4.69) is 25.4 Å². The van der Waals surface area contributed by atoms with E-state index in [1.807, 2.05) is 41.3 Å². The van der Waals surface area contributed by atoms with Crippen molar-refractivity contribution in [3.8, 4) is 0 Å². The molecular weight excluding hydrogens is 500 g/mol. The number of aromatic nitrogens is 3. The van der Waals surface area contributed by atoms with Crippen LogP contribution in [0.5, 0.6) is 0 Å². The van der Waals surface area contributed by atoms with Gasteiger partial charge in [0.2, 0.25) is 5.91 Å². The smallest absolute Gasteiger partial charge is 0.352 e. The number of alkyl halides is 3. The molecule has 0 bridgehead atoms. The molecule has 38 heavy (non-hydrogen) atoms. The van der Waals surface area contributed by atoms with Crippen LogP contribution >= 0.6 is 0 Å². The Kier molecular flexibility index (Phi) is 7.19. The molecule has 7 nitrogen and oxygen atoms in total. The first-order valence-electron chi connectivity index (χ1n) is 12.0. The van der Waals surface area contributed by atoms with Gasteiger partial charge < -0.3 is 10.2 Å². The zero-order valence-electron chi connectivity index (χ0n) is 20.2. The first kappa shape index (κ1) is 25.5. The van der Waals surface area contributed by atoms with E-state index in [9.17, 15) is 22.4 Å². The molecule has 0 atom stereocenters. The summed E-state index contributed by atoms with van der Waals surface area (Å²) in [5.74, 6) is -1.08. The Labute approximate surface area is 216 Å². The third-order valence-corrected chi connectivity index (χ3v) is 6.46. The minimum absolute atomic E-state index is 0.00383. The fourth-order valence-electron chi connectivity index (χ4n) is 4.55. The van der Waals surface area contributed by atoms with Crippen LogP contribution in [-0.2, 0) is 17.4 Å². The highest BCUT2D eigenvalue weighted by Gasteiger charge is 2.34. The van der Waals surface area contributed by atoms with Crippen LogP contribution in [0, 0.1) is 5.82 Å². The van der Waals surface area contributed by atoms with Crippen LogP contribution in [0.2, 0.25) is 0 Å². The third kappa shape index (κ3) is 5.72. The number of fused-ring (bicyclic) bond motifs is 1. The maximum absolute atomic E-state index is 13.5. The summed E-state index contributed by atoms with van der Waals surface area (Å²) in [5.41, 5.74) is 0.453. The van der Waals surface area contributed by atoms with Crippen LogP contribution in [0.25, 0.3) is 10.8 Å². The number of hydrogen-bond acceptors (Lipinski definition) is 6. The fraction of sp³-hybridized carbons (Fsp3) is 0.259. The molecule has 0 aliphatic carbocycles. The van der Waals surface area contributed by atoms with E-state index >= 15 is 0 Å². The number of piperazine rings is 1. The number of rotatable bonds is 6. The van der Waals surface area contributed by atoms with Gasteiger partial charge in [-0.2, -0.15) is 18.3 Å². The fourth-order valence-corrected chi connectivity index (χ4v) is 4.55. The van der Waals surface area contributed by atoms with Gasteiger partial charge in [0.25, 0.3) is 0 Å². The number of anilines is 2. The van der Waals surface area contributed by atoms with E-state index in [1.165, 1.54) is 0 Å². The van der Waals surface area contributed by atoms with Crippen molar-refractivity contribution in [2.75, 3.05) is 42.9 Å². The van der Waals surface area contributed by atoms with Crippen LogP contribution in [-0.4, -0.2) is 58.7 Å². The molecule has 0 spiro atoms. The molecule has 1 aliphatic rings. The van der Waals surface area contributed by atoms with E-state index < -0.39 is 23.5 Å². The number of nitrogens with one attached hydrogen (secondary N) is 1. The highest BCUT2D eigenvalue weighted by atomic mass is 19.4. The lowest BCUT2D eigenvalue weighted by Crippen LogP contribution is -2.49. The average Bonchev–Trinajstić information content (AvgIpc) is 2.90. The van der Waals surface area contributed by atoms with Gasteiger partial charge in [0.15, 0.2) is 5.82 Å². The van der Waals surface area contributed by atoms with Crippen molar-refractivity contribution in [3.05, 3.63) is 89.6 Å². The Morgan fingerprint density at radius 1 is 0.921 bits per heavy atom. The standard InChI is InChI=1S/C27H24F4N6O/c28-23-6-5-19(16-22(23)27(29,30)31)33-25(38)17-36-11-13-37(14-12-36)26-21-4-2-1-3-20(21)24(34-35-26)15-18-7-9-32-10-8-18/h1-10,16H,11-15,17H2,(H,33,38). The maximum atomic E-state index is 13.5. The minimum Gasteiger partial charge on any atom is -0.352 e. The van der Waals surface area contributed by atoms with Crippen LogP contribution in [0.4, 0.5) is 29.1 Å². The number of pyridine rings is 1. The molecule has 0 saturated carbocycles. The van der Waals surface area contributed by atoms with E-state index in [-0.39, 0.29) is 12.2 Å². The molecule has 1 saturated heterocycles. The number of carbonyl (C=O) groups excluding carboxylic acids is 1. The molecule has 196 valence electrons. The molecule has 0 unspecified atom stereocenters. The number of benzene rings is 2. The quantitative estimate of drug-likeness (QED) is 0.374. The minimum atomic E-state index is -4.84. The Balaban J connectivity index is 1.22. The molecule has 1 N–H and O–H groups in total. The largest absolute Gasteiger partial charge is 0.419 e. The molecule has 1 aliphatic heterocycles. The molecule has 1 fully saturated rings. The van der Waals surface area contributed by atoms with E-state index in [0.717, 1.165) is 33.9 Å². The van der Waals surface area contributed by atoms with Gasteiger partial charge in [0.05, 0.1) is 17.8 Å². The number of halogens is 4.